The fraction of sp³-hybridized carbons (Fsp3) is 0.286. The highest BCUT2D eigenvalue weighted by Gasteiger charge is 2.35. The van der Waals surface area contributed by atoms with Gasteiger partial charge in [0.25, 0.3) is 5.91 Å². The van der Waals surface area contributed by atoms with Gasteiger partial charge in [0.1, 0.15) is 11.8 Å². The summed E-state index contributed by atoms with van der Waals surface area (Å²) in [6.07, 6.45) is 0.0812. The van der Waals surface area contributed by atoms with Gasteiger partial charge in [0.2, 0.25) is 5.91 Å². The van der Waals surface area contributed by atoms with Crippen LogP contribution in [0.3, 0.4) is 0 Å². The number of nitrogens with zero attached hydrogens (tertiary/aromatic N) is 3. The van der Waals surface area contributed by atoms with Crippen molar-refractivity contribution in [2.24, 2.45) is 10.8 Å². The summed E-state index contributed by atoms with van der Waals surface area (Å²) in [4.78, 5) is 26.2. The zero-order valence-electron chi connectivity index (χ0n) is 17.0. The van der Waals surface area contributed by atoms with E-state index in [1.54, 1.807) is 37.4 Å². The molecule has 0 fully saturated rings. The van der Waals surface area contributed by atoms with Gasteiger partial charge in [-0.15, -0.1) is 0 Å². The van der Waals surface area contributed by atoms with Gasteiger partial charge in [0.15, 0.2) is 11.5 Å². The Morgan fingerprint density at radius 2 is 1.94 bits per heavy atom. The average Bonchev–Trinajstić information content (AvgIpc) is 3.20. The van der Waals surface area contributed by atoms with E-state index in [0.717, 1.165) is 0 Å². The summed E-state index contributed by atoms with van der Waals surface area (Å²) in [5, 5.41) is 5.78. The van der Waals surface area contributed by atoms with Crippen LogP contribution in [0.2, 0.25) is 0 Å². The molecule has 2 aromatic carbocycles. The second-order valence-corrected chi connectivity index (χ2v) is 6.87. The van der Waals surface area contributed by atoms with Gasteiger partial charge in [0.05, 0.1) is 12.8 Å². The Morgan fingerprint density at radius 3 is 2.55 bits per heavy atom. The number of primary amides is 1. The molecule has 2 amide bonds. The van der Waals surface area contributed by atoms with Crippen molar-refractivity contribution in [1.82, 2.24) is 4.90 Å². The molecule has 1 atom stereocenters. The zero-order valence-corrected chi connectivity index (χ0v) is 17.0. The molecule has 0 saturated carbocycles. The van der Waals surface area contributed by atoms with Crippen LogP contribution in [0, 0.1) is 0 Å². The molecule has 0 aliphatic carbocycles. The number of alkyl halides is 2. The molecule has 0 bridgehead atoms. The van der Waals surface area contributed by atoms with Gasteiger partial charge < -0.3 is 20.1 Å². The topological polar surface area (TPSA) is 97.5 Å². The van der Waals surface area contributed by atoms with Gasteiger partial charge >= 0.3 is 6.61 Å². The number of carbonyl (C=O) groups excluding carboxylic acids is 2. The van der Waals surface area contributed by atoms with E-state index in [1.165, 1.54) is 29.2 Å². The van der Waals surface area contributed by atoms with Crippen LogP contribution < -0.4 is 20.2 Å². The van der Waals surface area contributed by atoms with Crippen molar-refractivity contribution in [3.8, 4) is 11.5 Å². The second kappa shape index (κ2) is 9.41. The molecule has 10 heteroatoms. The first kappa shape index (κ1) is 22.0. The van der Waals surface area contributed by atoms with E-state index >= 15 is 0 Å². The van der Waals surface area contributed by atoms with Crippen LogP contribution in [0.25, 0.3) is 0 Å². The molecule has 8 nitrogen and oxygen atoms in total. The van der Waals surface area contributed by atoms with Gasteiger partial charge in [-0.2, -0.15) is 13.9 Å². The van der Waals surface area contributed by atoms with Crippen molar-refractivity contribution in [2.75, 3.05) is 19.2 Å². The molecular formula is C21H22F2N4O4. The molecule has 1 aliphatic heterocycles. The number of benzene rings is 2. The van der Waals surface area contributed by atoms with Crippen LogP contribution in [0.4, 0.5) is 14.5 Å². The Bertz CT molecular complexity index is 985. The third kappa shape index (κ3) is 5.08. The number of hydrogen-bond acceptors (Lipinski definition) is 6. The van der Waals surface area contributed by atoms with E-state index in [0.29, 0.717) is 11.3 Å². The number of ether oxygens (including phenoxy) is 2. The van der Waals surface area contributed by atoms with Crippen molar-refractivity contribution in [3.63, 3.8) is 0 Å². The van der Waals surface area contributed by atoms with Crippen molar-refractivity contribution in [1.29, 1.82) is 0 Å². The second-order valence-electron chi connectivity index (χ2n) is 6.87. The Hall–Kier alpha value is -3.69. The van der Waals surface area contributed by atoms with E-state index in [-0.39, 0.29) is 36.1 Å². The molecule has 164 valence electrons. The van der Waals surface area contributed by atoms with E-state index in [1.807, 2.05) is 6.07 Å². The van der Waals surface area contributed by atoms with Crippen LogP contribution >= 0.6 is 0 Å². The van der Waals surface area contributed by atoms with E-state index in [4.69, 9.17) is 10.5 Å². The Kier molecular flexibility index (Phi) is 6.68. The lowest BCUT2D eigenvalue weighted by Crippen LogP contribution is -2.40. The molecule has 0 saturated heterocycles. The number of nitrogens with two attached hydrogens (primary N) is 1. The van der Waals surface area contributed by atoms with Gasteiger partial charge in [0, 0.05) is 20.0 Å². The quantitative estimate of drug-likeness (QED) is 0.691. The van der Waals surface area contributed by atoms with E-state index < -0.39 is 18.6 Å². The number of halogens is 2. The lowest BCUT2D eigenvalue weighted by Gasteiger charge is -2.20. The zero-order chi connectivity index (χ0) is 22.5. The summed E-state index contributed by atoms with van der Waals surface area (Å²) >= 11 is 0. The minimum Gasteiger partial charge on any atom is -0.493 e. The molecule has 3 rings (SSSR count). The first-order valence-corrected chi connectivity index (χ1v) is 9.38. The molecule has 1 unspecified atom stereocenters. The minimum absolute atomic E-state index is 0.0812. The van der Waals surface area contributed by atoms with E-state index in [9.17, 15) is 18.4 Å². The number of amides is 2. The first-order chi connectivity index (χ1) is 14.8. The molecule has 1 aliphatic rings. The average molecular weight is 432 g/mol. The lowest BCUT2D eigenvalue weighted by atomic mass is 10.1. The largest absolute Gasteiger partial charge is 0.493 e. The van der Waals surface area contributed by atoms with Crippen LogP contribution in [-0.2, 0) is 16.1 Å². The lowest BCUT2D eigenvalue weighted by molar-refractivity contribution is -0.123. The third-order valence-corrected chi connectivity index (χ3v) is 4.72. The number of methoxy groups -OCH3 is 1. The van der Waals surface area contributed by atoms with Gasteiger partial charge in [-0.1, -0.05) is 24.3 Å². The van der Waals surface area contributed by atoms with Crippen molar-refractivity contribution < 1.29 is 27.8 Å². The predicted octanol–water partition coefficient (Wildman–Crippen LogP) is 2.38. The number of carbonyl (C=O) groups is 2. The Morgan fingerprint density at radius 1 is 1.23 bits per heavy atom. The van der Waals surface area contributed by atoms with Gasteiger partial charge in [-0.25, -0.2) is 0 Å². The summed E-state index contributed by atoms with van der Waals surface area (Å²) in [6.45, 7) is -2.81. The number of para-hydroxylation sites is 1. The maximum Gasteiger partial charge on any atom is 0.387 e. The van der Waals surface area contributed by atoms with Crippen molar-refractivity contribution >= 4 is 23.2 Å². The maximum absolute atomic E-state index is 12.9. The van der Waals surface area contributed by atoms with Crippen LogP contribution in [0.5, 0.6) is 11.5 Å². The SMILES string of the molecule is COc1cc(CN(C)C(=O)C2=NN(c3ccccc3)C(C(N)=O)C2)ccc1OC(F)F. The van der Waals surface area contributed by atoms with Crippen LogP contribution in [0.1, 0.15) is 12.0 Å². The summed E-state index contributed by atoms with van der Waals surface area (Å²) in [5.41, 5.74) is 6.99. The molecule has 2 N–H and O–H groups in total. The highest BCUT2D eigenvalue weighted by atomic mass is 19.3. The van der Waals surface area contributed by atoms with Crippen LogP contribution in [-0.4, -0.2) is 49.2 Å². The molecule has 31 heavy (non-hydrogen) atoms. The third-order valence-electron chi connectivity index (χ3n) is 4.72. The normalized spacial score (nSPS) is 15.6. The molecule has 1 heterocycles. The fourth-order valence-corrected chi connectivity index (χ4v) is 3.25. The fourth-order valence-electron chi connectivity index (χ4n) is 3.25. The molecule has 0 radical (unpaired) electrons. The van der Waals surface area contributed by atoms with Crippen molar-refractivity contribution in [2.45, 2.75) is 25.6 Å². The summed E-state index contributed by atoms with van der Waals surface area (Å²) in [7, 11) is 2.91. The molecule has 2 aromatic rings. The predicted molar refractivity (Wildman–Crippen MR) is 110 cm³/mol. The molecule has 0 aromatic heterocycles. The highest BCUT2D eigenvalue weighted by Crippen LogP contribution is 2.30. The summed E-state index contributed by atoms with van der Waals surface area (Å²) in [6, 6.07) is 12.6. The summed E-state index contributed by atoms with van der Waals surface area (Å²) < 4.78 is 34.5. The molecular weight excluding hydrogens is 410 g/mol. The summed E-state index contributed by atoms with van der Waals surface area (Å²) in [5.74, 6) is -0.937. The number of hydrogen-bond donors (Lipinski definition) is 1. The Labute approximate surface area is 177 Å². The number of rotatable bonds is 8. The Balaban J connectivity index is 1.76. The monoisotopic (exact) mass is 432 g/mol. The first-order valence-electron chi connectivity index (χ1n) is 9.38. The standard InChI is InChI=1S/C21H22F2N4O4/c1-26(12-13-8-9-17(31-21(22)23)18(10-13)30-2)20(29)15-11-16(19(24)28)27(25-15)14-6-4-3-5-7-14/h3-10,16,21H,11-12H2,1-2H3,(H2,24,28). The minimum atomic E-state index is -2.98. The number of hydrazone groups is 1. The van der Waals surface area contributed by atoms with Gasteiger partial charge in [-0.3, -0.25) is 14.6 Å². The smallest absolute Gasteiger partial charge is 0.387 e. The van der Waals surface area contributed by atoms with Gasteiger partial charge in [-0.05, 0) is 29.8 Å². The highest BCUT2D eigenvalue weighted by molar-refractivity contribution is 6.40. The maximum atomic E-state index is 12.9. The van der Waals surface area contributed by atoms with Crippen molar-refractivity contribution in [3.05, 3.63) is 54.1 Å². The molecule has 0 spiro atoms. The van der Waals surface area contributed by atoms with E-state index in [2.05, 4.69) is 9.84 Å². The number of anilines is 1. The van der Waals surface area contributed by atoms with Crippen LogP contribution in [0.15, 0.2) is 53.6 Å².